The lowest BCUT2D eigenvalue weighted by atomic mass is 10.2. The summed E-state index contributed by atoms with van der Waals surface area (Å²) in [4.78, 5) is 5.36. The van der Waals surface area contributed by atoms with Crippen LogP contribution in [0.25, 0.3) is 0 Å². The van der Waals surface area contributed by atoms with Gasteiger partial charge in [0.15, 0.2) is 23.3 Å². The molecule has 0 fully saturated rings. The number of aliphatic hydroxyl groups is 1. The highest BCUT2D eigenvalue weighted by molar-refractivity contribution is 5.47. The minimum absolute atomic E-state index is 0.00150. The van der Waals surface area contributed by atoms with Crippen molar-refractivity contribution in [3.05, 3.63) is 17.7 Å². The zero-order valence-corrected chi connectivity index (χ0v) is 9.95. The Kier molecular flexibility index (Phi) is 4.62. The van der Waals surface area contributed by atoms with Gasteiger partial charge in [-0.25, -0.2) is 13.8 Å². The molecule has 0 bridgehead atoms. The number of aromatic nitrogens is 1. The molecule has 1 aromatic rings. The van der Waals surface area contributed by atoms with Crippen molar-refractivity contribution in [1.29, 1.82) is 0 Å². The smallest absolute Gasteiger partial charge is 0.168 e. The Morgan fingerprint density at radius 3 is 2.59 bits per heavy atom. The third-order valence-electron chi connectivity index (χ3n) is 2.39. The Balaban J connectivity index is 3.05. The molecule has 17 heavy (non-hydrogen) atoms. The van der Waals surface area contributed by atoms with Crippen molar-refractivity contribution >= 4 is 11.6 Å². The third-order valence-corrected chi connectivity index (χ3v) is 2.39. The molecule has 1 aromatic heterocycles. The first kappa shape index (κ1) is 13.6. The van der Waals surface area contributed by atoms with Gasteiger partial charge in [0.25, 0.3) is 0 Å². The molecule has 4 nitrogen and oxygen atoms in total. The molecule has 1 heterocycles. The Labute approximate surface area is 99.1 Å². The quantitative estimate of drug-likeness (QED) is 0.826. The van der Waals surface area contributed by atoms with Crippen LogP contribution in [-0.4, -0.2) is 29.3 Å². The van der Waals surface area contributed by atoms with Gasteiger partial charge in [0, 0.05) is 25.3 Å². The van der Waals surface area contributed by atoms with Gasteiger partial charge in [0.05, 0.1) is 0 Å². The first-order valence-electron chi connectivity index (χ1n) is 5.46. The number of nitrogen functional groups attached to an aromatic ring is 1. The molecule has 96 valence electrons. The van der Waals surface area contributed by atoms with E-state index in [2.05, 4.69) is 4.98 Å². The van der Waals surface area contributed by atoms with E-state index in [-0.39, 0.29) is 24.3 Å². The molecule has 3 N–H and O–H groups in total. The second kappa shape index (κ2) is 5.77. The van der Waals surface area contributed by atoms with E-state index in [1.165, 1.54) is 0 Å². The lowest BCUT2D eigenvalue weighted by Crippen LogP contribution is -2.34. The predicted molar refractivity (Wildman–Crippen MR) is 62.8 cm³/mol. The van der Waals surface area contributed by atoms with Crippen LogP contribution < -0.4 is 10.6 Å². The highest BCUT2D eigenvalue weighted by Crippen LogP contribution is 2.22. The lowest BCUT2D eigenvalue weighted by Gasteiger charge is -2.28. The Hall–Kier alpha value is -1.43. The monoisotopic (exact) mass is 245 g/mol. The van der Waals surface area contributed by atoms with Gasteiger partial charge >= 0.3 is 0 Å². The summed E-state index contributed by atoms with van der Waals surface area (Å²) in [5, 5.41) is 8.79. The highest BCUT2D eigenvalue weighted by atomic mass is 19.1. The highest BCUT2D eigenvalue weighted by Gasteiger charge is 2.18. The van der Waals surface area contributed by atoms with Crippen molar-refractivity contribution in [2.75, 3.05) is 23.8 Å². The summed E-state index contributed by atoms with van der Waals surface area (Å²) < 4.78 is 26.6. The standard InChI is InChI=1S/C11H17F2N3O/c1-7(2)16(4-3-5-17)11-9(13)6-8(12)10(14)15-11/h6-7,17H,3-5H2,1-2H3,(H2,14,15). The van der Waals surface area contributed by atoms with Crippen LogP contribution in [0, 0.1) is 11.6 Å². The maximum absolute atomic E-state index is 13.6. The van der Waals surface area contributed by atoms with E-state index in [4.69, 9.17) is 10.8 Å². The van der Waals surface area contributed by atoms with Crippen molar-refractivity contribution in [3.63, 3.8) is 0 Å². The van der Waals surface area contributed by atoms with E-state index in [1.54, 1.807) is 4.90 Å². The van der Waals surface area contributed by atoms with Gasteiger partial charge in [-0.2, -0.15) is 0 Å². The van der Waals surface area contributed by atoms with Crippen LogP contribution in [0.3, 0.4) is 0 Å². The fourth-order valence-electron chi connectivity index (χ4n) is 1.52. The van der Waals surface area contributed by atoms with Crippen LogP contribution in [0.4, 0.5) is 20.4 Å². The van der Waals surface area contributed by atoms with E-state index in [1.807, 2.05) is 13.8 Å². The molecular formula is C11H17F2N3O. The fraction of sp³-hybridized carbons (Fsp3) is 0.545. The van der Waals surface area contributed by atoms with Crippen LogP contribution in [0.5, 0.6) is 0 Å². The Bertz CT molecular complexity index is 385. The minimum atomic E-state index is -0.864. The second-order valence-corrected chi connectivity index (χ2v) is 4.03. The maximum atomic E-state index is 13.6. The van der Waals surface area contributed by atoms with E-state index >= 15 is 0 Å². The van der Waals surface area contributed by atoms with Crippen molar-refractivity contribution < 1.29 is 13.9 Å². The second-order valence-electron chi connectivity index (χ2n) is 4.03. The summed E-state index contributed by atoms with van der Waals surface area (Å²) >= 11 is 0. The molecule has 0 saturated carbocycles. The maximum Gasteiger partial charge on any atom is 0.168 e. The van der Waals surface area contributed by atoms with Crippen molar-refractivity contribution in [2.45, 2.75) is 26.3 Å². The van der Waals surface area contributed by atoms with Crippen LogP contribution in [0.2, 0.25) is 0 Å². The lowest BCUT2D eigenvalue weighted by molar-refractivity contribution is 0.288. The summed E-state index contributed by atoms with van der Waals surface area (Å²) in [6.45, 7) is 4.15. The zero-order valence-electron chi connectivity index (χ0n) is 9.95. The topological polar surface area (TPSA) is 62.4 Å². The fourth-order valence-corrected chi connectivity index (χ4v) is 1.52. The molecule has 0 spiro atoms. The minimum Gasteiger partial charge on any atom is -0.396 e. The number of aliphatic hydroxyl groups excluding tert-OH is 1. The molecule has 0 saturated heterocycles. The number of nitrogens with two attached hydrogens (primary N) is 1. The van der Waals surface area contributed by atoms with Gasteiger partial charge in [-0.3, -0.25) is 0 Å². The Morgan fingerprint density at radius 1 is 1.41 bits per heavy atom. The van der Waals surface area contributed by atoms with Crippen molar-refractivity contribution in [3.8, 4) is 0 Å². The molecule has 0 aliphatic carbocycles. The molecule has 0 atom stereocenters. The van der Waals surface area contributed by atoms with E-state index in [9.17, 15) is 8.78 Å². The zero-order chi connectivity index (χ0) is 13.0. The average Bonchev–Trinajstić information content (AvgIpc) is 2.25. The first-order chi connectivity index (χ1) is 7.97. The van der Waals surface area contributed by atoms with Crippen molar-refractivity contribution in [2.24, 2.45) is 0 Å². The molecule has 6 heteroatoms. The van der Waals surface area contributed by atoms with Gasteiger partial charge in [0.2, 0.25) is 0 Å². The van der Waals surface area contributed by atoms with E-state index in [0.717, 1.165) is 6.07 Å². The largest absolute Gasteiger partial charge is 0.396 e. The molecule has 0 aliphatic rings. The van der Waals surface area contributed by atoms with Crippen LogP contribution >= 0.6 is 0 Å². The number of anilines is 2. The molecule has 1 rings (SSSR count). The third kappa shape index (κ3) is 3.26. The van der Waals surface area contributed by atoms with E-state index < -0.39 is 11.6 Å². The molecule has 0 aromatic carbocycles. The molecule has 0 radical (unpaired) electrons. The van der Waals surface area contributed by atoms with Gasteiger partial charge in [-0.15, -0.1) is 0 Å². The van der Waals surface area contributed by atoms with Gasteiger partial charge < -0.3 is 15.7 Å². The summed E-state index contributed by atoms with van der Waals surface area (Å²) in [7, 11) is 0. The van der Waals surface area contributed by atoms with Gasteiger partial charge in [-0.1, -0.05) is 0 Å². The normalized spacial score (nSPS) is 10.9. The van der Waals surface area contributed by atoms with Crippen molar-refractivity contribution in [1.82, 2.24) is 4.98 Å². The number of pyridine rings is 1. The molecular weight excluding hydrogens is 228 g/mol. The summed E-state index contributed by atoms with van der Waals surface area (Å²) in [6, 6.07) is 0.708. The number of halogens is 2. The number of hydrogen-bond donors (Lipinski definition) is 2. The van der Waals surface area contributed by atoms with Gasteiger partial charge in [0.1, 0.15) is 0 Å². The Morgan fingerprint density at radius 2 is 2.06 bits per heavy atom. The molecule has 0 aliphatic heterocycles. The summed E-state index contributed by atoms with van der Waals surface area (Å²) in [6.07, 6.45) is 0.483. The SMILES string of the molecule is CC(C)N(CCCO)c1nc(N)c(F)cc1F. The first-order valence-corrected chi connectivity index (χ1v) is 5.46. The van der Waals surface area contributed by atoms with Crippen LogP contribution in [-0.2, 0) is 0 Å². The predicted octanol–water partition coefficient (Wildman–Crippen LogP) is 1.54. The van der Waals surface area contributed by atoms with Crippen LogP contribution in [0.15, 0.2) is 6.07 Å². The van der Waals surface area contributed by atoms with E-state index in [0.29, 0.717) is 13.0 Å². The number of nitrogens with zero attached hydrogens (tertiary/aromatic N) is 2. The molecule has 0 amide bonds. The van der Waals surface area contributed by atoms with Gasteiger partial charge in [-0.05, 0) is 20.3 Å². The summed E-state index contributed by atoms with van der Waals surface area (Å²) in [5.74, 6) is -1.91. The average molecular weight is 245 g/mol. The summed E-state index contributed by atoms with van der Waals surface area (Å²) in [5.41, 5.74) is 5.33. The number of rotatable bonds is 5. The molecule has 0 unspecified atom stereocenters. The van der Waals surface area contributed by atoms with Crippen LogP contribution in [0.1, 0.15) is 20.3 Å². The number of hydrogen-bond acceptors (Lipinski definition) is 4.